The summed E-state index contributed by atoms with van der Waals surface area (Å²) >= 11 is 1.81. The number of hydrogen-bond donors (Lipinski definition) is 1. The molecule has 1 amide bonds. The number of thiophene rings is 1. The molecular weight excluding hydrogens is 296 g/mol. The molecule has 0 saturated carbocycles. The highest BCUT2D eigenvalue weighted by Crippen LogP contribution is 2.22. The molecule has 0 aliphatic rings. The van der Waals surface area contributed by atoms with Crippen LogP contribution in [0.2, 0.25) is 0 Å². The van der Waals surface area contributed by atoms with E-state index in [2.05, 4.69) is 38.2 Å². The Morgan fingerprint density at radius 1 is 1.36 bits per heavy atom. The summed E-state index contributed by atoms with van der Waals surface area (Å²) in [5, 5.41) is 3.48. The van der Waals surface area contributed by atoms with Crippen LogP contribution >= 0.6 is 11.3 Å². The number of carbonyl (C=O) groups is 1. The standard InChI is InChI=1S/C17H30N2O2S/c1-7-11-19(16(20)21-17(4,5)6)12-10-18-14(3)15-9-8-13(2)22-15/h8-9,14,18H,7,10-12H2,1-6H3. The van der Waals surface area contributed by atoms with Crippen molar-refractivity contribution < 1.29 is 9.53 Å². The summed E-state index contributed by atoms with van der Waals surface area (Å²) in [5.41, 5.74) is -0.446. The molecule has 0 spiro atoms. The molecule has 1 unspecified atom stereocenters. The molecule has 0 radical (unpaired) electrons. The maximum absolute atomic E-state index is 12.2. The second kappa shape index (κ2) is 8.53. The zero-order chi connectivity index (χ0) is 16.8. The van der Waals surface area contributed by atoms with Gasteiger partial charge in [0.1, 0.15) is 5.60 Å². The average molecular weight is 327 g/mol. The normalized spacial score (nSPS) is 13.0. The number of amides is 1. The Labute approximate surface area is 138 Å². The van der Waals surface area contributed by atoms with Crippen molar-refractivity contribution in [1.82, 2.24) is 10.2 Å². The second-order valence-corrected chi connectivity index (χ2v) is 7.91. The lowest BCUT2D eigenvalue weighted by Crippen LogP contribution is -2.41. The summed E-state index contributed by atoms with van der Waals surface area (Å²) < 4.78 is 5.46. The first-order chi connectivity index (χ1) is 10.2. The number of aryl methyl sites for hydroxylation is 1. The molecule has 1 aromatic rings. The third-order valence-corrected chi connectivity index (χ3v) is 4.35. The molecule has 0 aromatic carbocycles. The van der Waals surface area contributed by atoms with Crippen molar-refractivity contribution >= 4 is 17.4 Å². The van der Waals surface area contributed by atoms with Gasteiger partial charge in [-0.15, -0.1) is 11.3 Å². The van der Waals surface area contributed by atoms with Crippen molar-refractivity contribution in [1.29, 1.82) is 0 Å². The summed E-state index contributed by atoms with van der Waals surface area (Å²) in [4.78, 5) is 16.6. The minimum absolute atomic E-state index is 0.226. The maximum atomic E-state index is 12.2. The summed E-state index contributed by atoms with van der Waals surface area (Å²) in [5.74, 6) is 0. The first-order valence-corrected chi connectivity index (χ1v) is 8.82. The number of rotatable bonds is 7. The quantitative estimate of drug-likeness (QED) is 0.809. The number of hydrogen-bond acceptors (Lipinski definition) is 4. The van der Waals surface area contributed by atoms with Gasteiger partial charge < -0.3 is 15.0 Å². The van der Waals surface area contributed by atoms with Crippen LogP contribution in [0, 0.1) is 6.92 Å². The molecule has 0 aliphatic carbocycles. The Bertz CT molecular complexity index is 465. The van der Waals surface area contributed by atoms with E-state index in [4.69, 9.17) is 4.74 Å². The van der Waals surface area contributed by atoms with Crippen LogP contribution < -0.4 is 5.32 Å². The first kappa shape index (κ1) is 19.0. The fourth-order valence-electron chi connectivity index (χ4n) is 2.09. The van der Waals surface area contributed by atoms with Gasteiger partial charge in [-0.1, -0.05) is 6.92 Å². The highest BCUT2D eigenvalue weighted by molar-refractivity contribution is 7.12. The fourth-order valence-corrected chi connectivity index (χ4v) is 3.00. The van der Waals surface area contributed by atoms with E-state index in [9.17, 15) is 4.79 Å². The predicted molar refractivity (Wildman–Crippen MR) is 93.6 cm³/mol. The molecule has 1 aromatic heterocycles. The highest BCUT2D eigenvalue weighted by Gasteiger charge is 2.21. The molecule has 0 fully saturated rings. The minimum atomic E-state index is -0.446. The Balaban J connectivity index is 2.45. The number of carbonyl (C=O) groups excluding carboxylic acids is 1. The Hall–Kier alpha value is -1.07. The highest BCUT2D eigenvalue weighted by atomic mass is 32.1. The van der Waals surface area contributed by atoms with Gasteiger partial charge in [-0.2, -0.15) is 0 Å². The largest absolute Gasteiger partial charge is 0.444 e. The fraction of sp³-hybridized carbons (Fsp3) is 0.706. The average Bonchev–Trinajstić information content (AvgIpc) is 2.82. The van der Waals surface area contributed by atoms with Crippen molar-refractivity contribution in [2.45, 2.75) is 59.6 Å². The molecule has 22 heavy (non-hydrogen) atoms. The van der Waals surface area contributed by atoms with Gasteiger partial charge in [0.25, 0.3) is 0 Å². The van der Waals surface area contributed by atoms with Gasteiger partial charge in [-0.3, -0.25) is 0 Å². The Kier molecular flexibility index (Phi) is 7.36. The van der Waals surface area contributed by atoms with E-state index in [-0.39, 0.29) is 6.09 Å². The van der Waals surface area contributed by atoms with E-state index < -0.39 is 5.60 Å². The Morgan fingerprint density at radius 2 is 2.05 bits per heavy atom. The summed E-state index contributed by atoms with van der Waals surface area (Å²) in [6.07, 6.45) is 0.703. The van der Waals surface area contributed by atoms with Crippen LogP contribution in [0.1, 0.15) is 56.8 Å². The molecule has 1 heterocycles. The molecule has 1 rings (SSSR count). The molecule has 1 N–H and O–H groups in total. The third kappa shape index (κ3) is 6.79. The lowest BCUT2D eigenvalue weighted by Gasteiger charge is -2.27. The van der Waals surface area contributed by atoms with E-state index in [0.29, 0.717) is 12.6 Å². The van der Waals surface area contributed by atoms with Gasteiger partial charge >= 0.3 is 6.09 Å². The van der Waals surface area contributed by atoms with Crippen LogP contribution in [0.5, 0.6) is 0 Å². The van der Waals surface area contributed by atoms with Gasteiger partial charge in [-0.05, 0) is 53.2 Å². The van der Waals surface area contributed by atoms with Crippen LogP contribution in [0.25, 0.3) is 0 Å². The second-order valence-electron chi connectivity index (χ2n) is 6.59. The van der Waals surface area contributed by atoms with E-state index in [1.165, 1.54) is 9.75 Å². The minimum Gasteiger partial charge on any atom is -0.444 e. The van der Waals surface area contributed by atoms with Gasteiger partial charge in [0.05, 0.1) is 0 Å². The van der Waals surface area contributed by atoms with Gasteiger partial charge in [-0.25, -0.2) is 4.79 Å². The van der Waals surface area contributed by atoms with Gasteiger partial charge in [0.2, 0.25) is 0 Å². The monoisotopic (exact) mass is 326 g/mol. The molecular formula is C17H30N2O2S. The topological polar surface area (TPSA) is 41.6 Å². The molecule has 1 atom stereocenters. The first-order valence-electron chi connectivity index (χ1n) is 8.00. The van der Waals surface area contributed by atoms with E-state index >= 15 is 0 Å². The predicted octanol–water partition coefficient (Wildman–Crippen LogP) is 4.35. The van der Waals surface area contributed by atoms with Crippen molar-refractivity contribution in [3.8, 4) is 0 Å². The molecule has 0 saturated heterocycles. The van der Waals surface area contributed by atoms with Crippen LogP contribution in [0.3, 0.4) is 0 Å². The van der Waals surface area contributed by atoms with Crippen LogP contribution in [0.15, 0.2) is 12.1 Å². The number of nitrogens with one attached hydrogen (secondary N) is 1. The van der Waals surface area contributed by atoms with Gasteiger partial charge in [0, 0.05) is 35.4 Å². The van der Waals surface area contributed by atoms with Crippen molar-refractivity contribution in [3.05, 3.63) is 21.9 Å². The van der Waals surface area contributed by atoms with Crippen LogP contribution in [-0.4, -0.2) is 36.2 Å². The third-order valence-electron chi connectivity index (χ3n) is 3.17. The van der Waals surface area contributed by atoms with E-state index in [0.717, 1.165) is 19.5 Å². The SMILES string of the molecule is CCCN(CCNC(C)c1ccc(C)s1)C(=O)OC(C)(C)C. The number of nitrogens with zero attached hydrogens (tertiary/aromatic N) is 1. The molecule has 126 valence electrons. The Morgan fingerprint density at radius 3 is 2.55 bits per heavy atom. The van der Waals surface area contributed by atoms with Crippen molar-refractivity contribution in [2.24, 2.45) is 0 Å². The smallest absolute Gasteiger partial charge is 0.410 e. The van der Waals surface area contributed by atoms with Crippen LogP contribution in [-0.2, 0) is 4.74 Å². The molecule has 4 nitrogen and oxygen atoms in total. The maximum Gasteiger partial charge on any atom is 0.410 e. The summed E-state index contributed by atoms with van der Waals surface area (Å²) in [7, 11) is 0. The van der Waals surface area contributed by atoms with E-state index in [1.54, 1.807) is 4.90 Å². The number of ether oxygens (including phenoxy) is 1. The summed E-state index contributed by atoms with van der Waals surface area (Å²) in [6.45, 7) is 14.2. The summed E-state index contributed by atoms with van der Waals surface area (Å²) in [6, 6.07) is 4.61. The van der Waals surface area contributed by atoms with Gasteiger partial charge in [0.15, 0.2) is 0 Å². The molecule has 5 heteroatoms. The molecule has 0 aliphatic heterocycles. The lowest BCUT2D eigenvalue weighted by molar-refractivity contribution is 0.0251. The zero-order valence-corrected chi connectivity index (χ0v) is 15.5. The van der Waals surface area contributed by atoms with E-state index in [1.807, 2.05) is 32.1 Å². The van der Waals surface area contributed by atoms with Crippen molar-refractivity contribution in [2.75, 3.05) is 19.6 Å². The lowest BCUT2D eigenvalue weighted by atomic mass is 10.2. The zero-order valence-electron chi connectivity index (χ0n) is 14.7. The molecule has 0 bridgehead atoms. The van der Waals surface area contributed by atoms with Crippen LogP contribution in [0.4, 0.5) is 4.79 Å². The van der Waals surface area contributed by atoms with Crippen molar-refractivity contribution in [3.63, 3.8) is 0 Å².